The third-order valence-electron chi connectivity index (χ3n) is 2.04. The SMILES string of the molecule is CCc1nc2n(n1)CCN(N)C2=O. The predicted octanol–water partition coefficient (Wildman–Crippen LogP) is -0.830. The molecular weight excluding hydrogens is 170 g/mol. The highest BCUT2D eigenvalue weighted by molar-refractivity contribution is 5.90. The minimum atomic E-state index is -0.251. The average molecular weight is 181 g/mol. The van der Waals surface area contributed by atoms with E-state index in [9.17, 15) is 4.79 Å². The van der Waals surface area contributed by atoms with E-state index in [0.29, 0.717) is 24.7 Å². The van der Waals surface area contributed by atoms with Crippen LogP contribution < -0.4 is 5.84 Å². The Bertz CT molecular complexity index is 345. The summed E-state index contributed by atoms with van der Waals surface area (Å²) < 4.78 is 1.62. The van der Waals surface area contributed by atoms with Gasteiger partial charge in [0.1, 0.15) is 0 Å². The summed E-state index contributed by atoms with van der Waals surface area (Å²) >= 11 is 0. The van der Waals surface area contributed by atoms with E-state index in [4.69, 9.17) is 5.84 Å². The van der Waals surface area contributed by atoms with Crippen molar-refractivity contribution in [1.29, 1.82) is 0 Å². The van der Waals surface area contributed by atoms with Gasteiger partial charge in [-0.15, -0.1) is 0 Å². The zero-order valence-corrected chi connectivity index (χ0v) is 7.40. The number of rotatable bonds is 1. The first-order valence-corrected chi connectivity index (χ1v) is 4.22. The normalized spacial score (nSPS) is 16.2. The number of hydrogen-bond acceptors (Lipinski definition) is 4. The van der Waals surface area contributed by atoms with Crippen LogP contribution in [0, 0.1) is 0 Å². The summed E-state index contributed by atoms with van der Waals surface area (Å²) in [7, 11) is 0. The Morgan fingerprint density at radius 2 is 2.31 bits per heavy atom. The first-order valence-electron chi connectivity index (χ1n) is 4.22. The summed E-state index contributed by atoms with van der Waals surface area (Å²) in [6.45, 7) is 3.08. The predicted molar refractivity (Wildman–Crippen MR) is 44.6 cm³/mol. The summed E-state index contributed by atoms with van der Waals surface area (Å²) in [4.78, 5) is 15.5. The van der Waals surface area contributed by atoms with Crippen LogP contribution in [0.25, 0.3) is 0 Å². The van der Waals surface area contributed by atoms with Crippen LogP contribution in [0.2, 0.25) is 0 Å². The summed E-state index contributed by atoms with van der Waals surface area (Å²) in [6, 6.07) is 0. The number of fused-ring (bicyclic) bond motifs is 1. The molecule has 0 bridgehead atoms. The molecule has 0 saturated heterocycles. The molecule has 1 aromatic heterocycles. The molecule has 70 valence electrons. The molecule has 2 N–H and O–H groups in total. The maximum absolute atomic E-state index is 11.4. The number of aromatic nitrogens is 3. The van der Waals surface area contributed by atoms with E-state index in [1.54, 1.807) is 4.68 Å². The number of nitrogens with zero attached hydrogens (tertiary/aromatic N) is 4. The number of hydrogen-bond donors (Lipinski definition) is 1. The van der Waals surface area contributed by atoms with Gasteiger partial charge in [-0.2, -0.15) is 5.10 Å². The molecule has 1 aliphatic rings. The van der Waals surface area contributed by atoms with Crippen molar-refractivity contribution >= 4 is 5.91 Å². The van der Waals surface area contributed by atoms with Gasteiger partial charge in [-0.25, -0.2) is 15.5 Å². The molecule has 0 spiro atoms. The molecule has 0 aromatic carbocycles. The smallest absolute Gasteiger partial charge is 0.272 e. The average Bonchev–Trinajstić information content (AvgIpc) is 2.55. The van der Waals surface area contributed by atoms with Gasteiger partial charge in [0.05, 0.1) is 13.1 Å². The topological polar surface area (TPSA) is 77.0 Å². The molecule has 13 heavy (non-hydrogen) atoms. The Kier molecular flexibility index (Phi) is 1.77. The number of aryl methyl sites for hydroxylation is 1. The first kappa shape index (κ1) is 8.18. The van der Waals surface area contributed by atoms with Crippen LogP contribution in [0.1, 0.15) is 23.4 Å². The van der Waals surface area contributed by atoms with Gasteiger partial charge in [-0.05, 0) is 0 Å². The Morgan fingerprint density at radius 1 is 1.54 bits per heavy atom. The van der Waals surface area contributed by atoms with Gasteiger partial charge in [-0.3, -0.25) is 9.80 Å². The lowest BCUT2D eigenvalue weighted by Gasteiger charge is -2.20. The molecule has 1 amide bonds. The molecule has 2 heterocycles. The lowest BCUT2D eigenvalue weighted by Crippen LogP contribution is -2.45. The molecular formula is C7H11N5O. The van der Waals surface area contributed by atoms with Crippen LogP contribution >= 0.6 is 0 Å². The first-order chi connectivity index (χ1) is 6.22. The van der Waals surface area contributed by atoms with Crippen molar-refractivity contribution in [2.24, 2.45) is 5.84 Å². The van der Waals surface area contributed by atoms with Crippen LogP contribution in [0.15, 0.2) is 0 Å². The standard InChI is InChI=1S/C7H11N5O/c1-2-5-9-6-7(13)11(8)3-4-12(6)10-5/h2-4,8H2,1H3. The van der Waals surface area contributed by atoms with E-state index in [1.165, 1.54) is 5.01 Å². The highest BCUT2D eigenvalue weighted by Gasteiger charge is 2.25. The summed E-state index contributed by atoms with van der Waals surface area (Å²) in [5.74, 6) is 6.24. The second-order valence-corrected chi connectivity index (χ2v) is 2.93. The van der Waals surface area contributed by atoms with Gasteiger partial charge >= 0.3 is 5.91 Å². The van der Waals surface area contributed by atoms with E-state index < -0.39 is 0 Å². The fourth-order valence-corrected chi connectivity index (χ4v) is 1.29. The summed E-state index contributed by atoms with van der Waals surface area (Å²) in [5.41, 5.74) is 0. The fraction of sp³-hybridized carbons (Fsp3) is 0.571. The van der Waals surface area contributed by atoms with Gasteiger partial charge < -0.3 is 0 Å². The van der Waals surface area contributed by atoms with Gasteiger partial charge in [0, 0.05) is 6.42 Å². The molecule has 0 atom stereocenters. The van der Waals surface area contributed by atoms with Gasteiger partial charge in [0.15, 0.2) is 5.82 Å². The number of carbonyl (C=O) groups excluding carboxylic acids is 1. The molecule has 0 unspecified atom stereocenters. The Morgan fingerprint density at radius 3 is 3.00 bits per heavy atom. The molecule has 0 aliphatic carbocycles. The monoisotopic (exact) mass is 181 g/mol. The third kappa shape index (κ3) is 1.19. The second kappa shape index (κ2) is 2.81. The Labute approximate surface area is 75.3 Å². The Balaban J connectivity index is 2.42. The maximum atomic E-state index is 11.4. The quantitative estimate of drug-likeness (QED) is 0.453. The minimum absolute atomic E-state index is 0.251. The van der Waals surface area contributed by atoms with E-state index in [2.05, 4.69) is 10.1 Å². The highest BCUT2D eigenvalue weighted by atomic mass is 16.2. The molecule has 0 fully saturated rings. The number of nitrogens with two attached hydrogens (primary N) is 1. The van der Waals surface area contributed by atoms with Crippen LogP contribution in [0.3, 0.4) is 0 Å². The zero-order valence-electron chi connectivity index (χ0n) is 7.40. The van der Waals surface area contributed by atoms with Crippen molar-refractivity contribution in [2.45, 2.75) is 19.9 Å². The largest absolute Gasteiger partial charge is 0.305 e. The van der Waals surface area contributed by atoms with Crippen LogP contribution in [-0.2, 0) is 13.0 Å². The molecule has 0 radical (unpaired) electrons. The number of hydrazine groups is 1. The minimum Gasteiger partial charge on any atom is -0.272 e. The van der Waals surface area contributed by atoms with Crippen molar-refractivity contribution in [3.63, 3.8) is 0 Å². The molecule has 2 rings (SSSR count). The third-order valence-corrected chi connectivity index (χ3v) is 2.04. The van der Waals surface area contributed by atoms with Crippen molar-refractivity contribution in [3.05, 3.63) is 11.6 Å². The second-order valence-electron chi connectivity index (χ2n) is 2.93. The molecule has 0 saturated carbocycles. The highest BCUT2D eigenvalue weighted by Crippen LogP contribution is 2.07. The van der Waals surface area contributed by atoms with Crippen LogP contribution in [-0.4, -0.2) is 32.2 Å². The lowest BCUT2D eigenvalue weighted by molar-refractivity contribution is 0.0690. The van der Waals surface area contributed by atoms with E-state index in [-0.39, 0.29) is 5.91 Å². The number of amides is 1. The zero-order chi connectivity index (χ0) is 9.42. The van der Waals surface area contributed by atoms with E-state index in [1.807, 2.05) is 6.92 Å². The van der Waals surface area contributed by atoms with Gasteiger partial charge in [0.25, 0.3) is 0 Å². The van der Waals surface area contributed by atoms with E-state index in [0.717, 1.165) is 6.42 Å². The van der Waals surface area contributed by atoms with E-state index >= 15 is 0 Å². The van der Waals surface area contributed by atoms with Crippen LogP contribution in [0.4, 0.5) is 0 Å². The van der Waals surface area contributed by atoms with Crippen molar-refractivity contribution < 1.29 is 4.79 Å². The van der Waals surface area contributed by atoms with Gasteiger partial charge in [0.2, 0.25) is 5.82 Å². The van der Waals surface area contributed by atoms with Crippen molar-refractivity contribution in [1.82, 2.24) is 19.8 Å². The molecule has 1 aromatic rings. The van der Waals surface area contributed by atoms with Crippen molar-refractivity contribution in [3.8, 4) is 0 Å². The Hall–Kier alpha value is -1.43. The van der Waals surface area contributed by atoms with Gasteiger partial charge in [-0.1, -0.05) is 6.92 Å². The molecule has 6 heteroatoms. The molecule has 6 nitrogen and oxygen atoms in total. The number of carbonyl (C=O) groups is 1. The lowest BCUT2D eigenvalue weighted by atomic mass is 10.4. The van der Waals surface area contributed by atoms with Crippen LogP contribution in [0.5, 0.6) is 0 Å². The fourth-order valence-electron chi connectivity index (χ4n) is 1.29. The summed E-state index contributed by atoms with van der Waals surface area (Å²) in [5, 5.41) is 5.33. The molecule has 1 aliphatic heterocycles. The van der Waals surface area contributed by atoms with Crippen molar-refractivity contribution in [2.75, 3.05) is 6.54 Å². The summed E-state index contributed by atoms with van der Waals surface area (Å²) in [6.07, 6.45) is 0.734. The maximum Gasteiger partial charge on any atom is 0.305 e.